The highest BCUT2D eigenvalue weighted by Crippen LogP contribution is 2.00. The molecule has 0 aliphatic carbocycles. The summed E-state index contributed by atoms with van der Waals surface area (Å²) in [5, 5.41) is 2.78. The highest BCUT2D eigenvalue weighted by molar-refractivity contribution is 5.81. The third kappa shape index (κ3) is 9.96. The number of hydrogen-bond donors (Lipinski definition) is 2. The number of unbranched alkanes of at least 4 members (excludes halogenated alkanes) is 1. The number of rotatable bonds is 10. The topological polar surface area (TPSA) is 89.3 Å². The zero-order chi connectivity index (χ0) is 14.0. The Bertz CT molecular complexity index is 290. The number of nitrogens with one attached hydrogen (secondary N) is 1. The van der Waals surface area contributed by atoms with Crippen LogP contribution in [0.3, 0.4) is 0 Å². The number of carbonyl (C=O) groups is 3. The molecule has 0 fully saturated rings. The Hall–Kier alpha value is -1.23. The standard InChI is InChI=1S/C13H24N2O3/c1-10(16)6-5-8-13(18)15-9-4-3-7-12(14)11(2)17/h12H,3-9,14H2,1-2H3,(H,15,18)/t12-/m0/s1. The van der Waals surface area contributed by atoms with Crippen LogP contribution in [0.5, 0.6) is 0 Å². The van der Waals surface area contributed by atoms with Crippen LogP contribution in [-0.2, 0) is 14.4 Å². The fourth-order valence-corrected chi connectivity index (χ4v) is 1.51. The van der Waals surface area contributed by atoms with Gasteiger partial charge < -0.3 is 15.8 Å². The predicted molar refractivity (Wildman–Crippen MR) is 70.0 cm³/mol. The molecule has 0 radical (unpaired) electrons. The first-order chi connectivity index (χ1) is 8.43. The van der Waals surface area contributed by atoms with Crippen molar-refractivity contribution in [2.75, 3.05) is 6.54 Å². The summed E-state index contributed by atoms with van der Waals surface area (Å²) in [6.45, 7) is 3.61. The second kappa shape index (κ2) is 9.76. The molecule has 5 heteroatoms. The van der Waals surface area contributed by atoms with Gasteiger partial charge in [0.05, 0.1) is 6.04 Å². The van der Waals surface area contributed by atoms with E-state index in [2.05, 4.69) is 5.32 Å². The molecule has 18 heavy (non-hydrogen) atoms. The van der Waals surface area contributed by atoms with Crippen LogP contribution in [0.2, 0.25) is 0 Å². The average Bonchev–Trinajstić information content (AvgIpc) is 2.27. The van der Waals surface area contributed by atoms with Crippen molar-refractivity contribution in [2.45, 2.75) is 58.4 Å². The molecule has 0 unspecified atom stereocenters. The van der Waals surface area contributed by atoms with E-state index in [0.29, 0.717) is 32.2 Å². The fraction of sp³-hybridized carbons (Fsp3) is 0.769. The van der Waals surface area contributed by atoms with Gasteiger partial charge in [-0.2, -0.15) is 0 Å². The van der Waals surface area contributed by atoms with E-state index in [4.69, 9.17) is 5.73 Å². The maximum Gasteiger partial charge on any atom is 0.220 e. The van der Waals surface area contributed by atoms with Gasteiger partial charge in [-0.1, -0.05) is 0 Å². The molecule has 1 atom stereocenters. The lowest BCUT2D eigenvalue weighted by atomic mass is 10.1. The third-order valence-electron chi connectivity index (χ3n) is 2.72. The number of nitrogens with two attached hydrogens (primary N) is 1. The Morgan fingerprint density at radius 2 is 1.72 bits per heavy atom. The Balaban J connectivity index is 3.40. The Morgan fingerprint density at radius 1 is 1.06 bits per heavy atom. The minimum absolute atomic E-state index is 0.00303. The molecule has 0 saturated heterocycles. The number of hydrogen-bond acceptors (Lipinski definition) is 4. The van der Waals surface area contributed by atoms with Crippen LogP contribution in [0.25, 0.3) is 0 Å². The van der Waals surface area contributed by atoms with Crippen LogP contribution in [0.15, 0.2) is 0 Å². The largest absolute Gasteiger partial charge is 0.356 e. The van der Waals surface area contributed by atoms with E-state index in [1.165, 1.54) is 13.8 Å². The maximum absolute atomic E-state index is 11.3. The van der Waals surface area contributed by atoms with E-state index in [-0.39, 0.29) is 23.5 Å². The molecule has 0 aromatic rings. The summed E-state index contributed by atoms with van der Waals surface area (Å²) in [6, 6.07) is -0.378. The van der Waals surface area contributed by atoms with Gasteiger partial charge in [0.1, 0.15) is 11.6 Å². The SMILES string of the molecule is CC(=O)CCCC(=O)NCCCC[C@H](N)C(C)=O. The number of ketones is 2. The second-order valence-corrected chi connectivity index (χ2v) is 4.62. The molecule has 0 saturated carbocycles. The van der Waals surface area contributed by atoms with E-state index in [9.17, 15) is 14.4 Å². The highest BCUT2D eigenvalue weighted by atomic mass is 16.1. The van der Waals surface area contributed by atoms with Gasteiger partial charge in [0.15, 0.2) is 0 Å². The van der Waals surface area contributed by atoms with Crippen molar-refractivity contribution < 1.29 is 14.4 Å². The molecular weight excluding hydrogens is 232 g/mol. The summed E-state index contributed by atoms with van der Waals surface area (Å²) in [5.74, 6) is 0.0939. The predicted octanol–water partition coefficient (Wildman–Crippen LogP) is 0.949. The maximum atomic E-state index is 11.3. The normalized spacial score (nSPS) is 11.9. The Kier molecular flexibility index (Phi) is 9.10. The molecule has 3 N–H and O–H groups in total. The molecule has 0 aliphatic rings. The molecule has 0 aromatic heterocycles. The Morgan fingerprint density at radius 3 is 2.28 bits per heavy atom. The van der Waals surface area contributed by atoms with Crippen LogP contribution >= 0.6 is 0 Å². The van der Waals surface area contributed by atoms with Crippen LogP contribution in [0.1, 0.15) is 52.4 Å². The lowest BCUT2D eigenvalue weighted by Crippen LogP contribution is -2.29. The molecule has 0 aliphatic heterocycles. The molecule has 104 valence electrons. The zero-order valence-corrected chi connectivity index (χ0v) is 11.3. The van der Waals surface area contributed by atoms with Crippen LogP contribution in [0, 0.1) is 0 Å². The van der Waals surface area contributed by atoms with Crippen molar-refractivity contribution >= 4 is 17.5 Å². The molecule has 5 nitrogen and oxygen atoms in total. The smallest absolute Gasteiger partial charge is 0.220 e. The molecule has 0 aromatic carbocycles. The number of carbonyl (C=O) groups excluding carboxylic acids is 3. The monoisotopic (exact) mass is 256 g/mol. The second-order valence-electron chi connectivity index (χ2n) is 4.62. The molecule has 0 rings (SSSR count). The van der Waals surface area contributed by atoms with Gasteiger partial charge >= 0.3 is 0 Å². The summed E-state index contributed by atoms with van der Waals surface area (Å²) in [7, 11) is 0. The molecule has 0 bridgehead atoms. The van der Waals surface area contributed by atoms with Crippen LogP contribution in [0.4, 0.5) is 0 Å². The summed E-state index contributed by atoms with van der Waals surface area (Å²) in [5.41, 5.74) is 5.58. The van der Waals surface area contributed by atoms with Crippen molar-refractivity contribution in [1.82, 2.24) is 5.32 Å². The summed E-state index contributed by atoms with van der Waals surface area (Å²) >= 11 is 0. The van der Waals surface area contributed by atoms with E-state index in [1.54, 1.807) is 0 Å². The molecule has 0 spiro atoms. The molecule has 0 heterocycles. The van der Waals surface area contributed by atoms with Gasteiger partial charge in [-0.05, 0) is 39.5 Å². The Labute approximate surface area is 108 Å². The van der Waals surface area contributed by atoms with Crippen LogP contribution < -0.4 is 11.1 Å². The highest BCUT2D eigenvalue weighted by Gasteiger charge is 2.07. The van der Waals surface area contributed by atoms with Crippen molar-refractivity contribution in [3.8, 4) is 0 Å². The van der Waals surface area contributed by atoms with Gasteiger partial charge in [-0.3, -0.25) is 9.59 Å². The molecular formula is C13H24N2O3. The summed E-state index contributed by atoms with van der Waals surface area (Å²) < 4.78 is 0. The van der Waals surface area contributed by atoms with Crippen LogP contribution in [-0.4, -0.2) is 30.1 Å². The van der Waals surface area contributed by atoms with Crippen molar-refractivity contribution in [2.24, 2.45) is 5.73 Å². The fourth-order valence-electron chi connectivity index (χ4n) is 1.51. The van der Waals surface area contributed by atoms with Gasteiger partial charge in [0.25, 0.3) is 0 Å². The van der Waals surface area contributed by atoms with Crippen molar-refractivity contribution in [3.05, 3.63) is 0 Å². The first-order valence-corrected chi connectivity index (χ1v) is 6.45. The van der Waals surface area contributed by atoms with Gasteiger partial charge in [-0.15, -0.1) is 0 Å². The lowest BCUT2D eigenvalue weighted by molar-refractivity contribution is -0.121. The van der Waals surface area contributed by atoms with Gasteiger partial charge in [0.2, 0.25) is 5.91 Å². The lowest BCUT2D eigenvalue weighted by Gasteiger charge is -2.08. The zero-order valence-electron chi connectivity index (χ0n) is 11.3. The van der Waals surface area contributed by atoms with E-state index >= 15 is 0 Å². The van der Waals surface area contributed by atoms with E-state index in [1.807, 2.05) is 0 Å². The van der Waals surface area contributed by atoms with E-state index < -0.39 is 0 Å². The average molecular weight is 256 g/mol. The summed E-state index contributed by atoms with van der Waals surface area (Å²) in [6.07, 6.45) is 3.77. The minimum atomic E-state index is -0.378. The van der Waals surface area contributed by atoms with Crippen molar-refractivity contribution in [3.63, 3.8) is 0 Å². The first-order valence-electron chi connectivity index (χ1n) is 6.45. The minimum Gasteiger partial charge on any atom is -0.356 e. The van der Waals surface area contributed by atoms with Gasteiger partial charge in [0, 0.05) is 19.4 Å². The van der Waals surface area contributed by atoms with E-state index in [0.717, 1.165) is 12.8 Å². The quantitative estimate of drug-likeness (QED) is 0.569. The third-order valence-corrected chi connectivity index (χ3v) is 2.72. The number of Topliss-reactive ketones (excluding diaryl/α,β-unsaturated/α-hetero) is 2. The molecule has 1 amide bonds. The summed E-state index contributed by atoms with van der Waals surface area (Å²) in [4.78, 5) is 32.9. The van der Waals surface area contributed by atoms with Crippen molar-refractivity contribution in [1.29, 1.82) is 0 Å². The van der Waals surface area contributed by atoms with Gasteiger partial charge in [-0.25, -0.2) is 0 Å². The first kappa shape index (κ1) is 16.8. The number of amides is 1.